The third kappa shape index (κ3) is 3.79. The predicted molar refractivity (Wildman–Crippen MR) is 104 cm³/mol. The van der Waals surface area contributed by atoms with Gasteiger partial charge in [-0.25, -0.2) is 0 Å². The molecular weight excluding hydrogens is 269 g/mol. The van der Waals surface area contributed by atoms with Crippen LogP contribution in [0, 0.1) is 0 Å². The Morgan fingerprint density at radius 2 is 1.09 bits per heavy atom. The van der Waals surface area contributed by atoms with E-state index in [0.717, 1.165) is 25.3 Å². The van der Waals surface area contributed by atoms with Crippen LogP contribution in [0.3, 0.4) is 0 Å². The molecular formula is C10H30B6N6. The summed E-state index contributed by atoms with van der Waals surface area (Å²) in [5.41, 5.74) is 0. The van der Waals surface area contributed by atoms with E-state index in [-0.39, 0.29) is 7.12 Å². The molecule has 2 fully saturated rings. The van der Waals surface area contributed by atoms with Crippen molar-refractivity contribution in [1.82, 2.24) is 29.9 Å². The van der Waals surface area contributed by atoms with Gasteiger partial charge in [0.05, 0.1) is 0 Å². The van der Waals surface area contributed by atoms with Crippen LogP contribution in [0.2, 0.25) is 32.1 Å². The van der Waals surface area contributed by atoms with E-state index in [9.17, 15) is 0 Å². The zero-order chi connectivity index (χ0) is 16.3. The zero-order valence-corrected chi connectivity index (χ0v) is 15.2. The molecule has 2 rings (SSSR count). The minimum atomic E-state index is 0.202. The third-order valence-corrected chi connectivity index (χ3v) is 5.13. The van der Waals surface area contributed by atoms with Crippen LogP contribution in [0.25, 0.3) is 0 Å². The molecule has 0 spiro atoms. The molecule has 2 aliphatic heterocycles. The molecule has 22 heavy (non-hydrogen) atoms. The van der Waals surface area contributed by atoms with Gasteiger partial charge in [0.1, 0.15) is 0 Å². The summed E-state index contributed by atoms with van der Waals surface area (Å²) < 4.78 is 4.98. The molecule has 2 heterocycles. The number of hydrogen-bond donors (Lipinski definition) is 4. The van der Waals surface area contributed by atoms with Crippen molar-refractivity contribution >= 4 is 42.0 Å². The molecule has 0 unspecified atom stereocenters. The van der Waals surface area contributed by atoms with Crippen molar-refractivity contribution in [2.45, 2.75) is 59.8 Å². The molecule has 0 saturated carbocycles. The van der Waals surface area contributed by atoms with Gasteiger partial charge < -0.3 is 29.9 Å². The van der Waals surface area contributed by atoms with Crippen molar-refractivity contribution in [2.75, 3.05) is 7.05 Å². The molecule has 4 N–H and O–H groups in total. The molecule has 0 aliphatic carbocycles. The number of rotatable bonds is 5. The minimum Gasteiger partial charge on any atom is -0.373 e. The Hall–Kier alpha value is 0.150. The molecule has 2 aliphatic rings. The van der Waals surface area contributed by atoms with Crippen molar-refractivity contribution in [3.8, 4) is 0 Å². The van der Waals surface area contributed by atoms with Gasteiger partial charge in [-0.2, -0.15) is 0 Å². The molecule has 0 bridgehead atoms. The summed E-state index contributed by atoms with van der Waals surface area (Å²) in [6.07, 6.45) is 4.44. The average molecular weight is 299 g/mol. The van der Waals surface area contributed by atoms with E-state index in [1.54, 1.807) is 0 Å². The second-order valence-electron chi connectivity index (χ2n) is 6.60. The summed E-state index contributed by atoms with van der Waals surface area (Å²) in [4.78, 5) is 0. The van der Waals surface area contributed by atoms with E-state index in [1.807, 2.05) is 0 Å². The van der Waals surface area contributed by atoms with Crippen LogP contribution in [-0.4, -0.2) is 58.4 Å². The third-order valence-electron chi connectivity index (χ3n) is 5.13. The second kappa shape index (κ2) is 8.31. The van der Waals surface area contributed by atoms with Crippen LogP contribution in [0.4, 0.5) is 0 Å². The van der Waals surface area contributed by atoms with Crippen LogP contribution >= 0.6 is 0 Å². The van der Waals surface area contributed by atoms with Crippen LogP contribution in [-0.2, 0) is 0 Å². The van der Waals surface area contributed by atoms with Crippen molar-refractivity contribution in [3.63, 3.8) is 0 Å². The van der Waals surface area contributed by atoms with Crippen molar-refractivity contribution in [3.05, 3.63) is 0 Å². The Morgan fingerprint density at radius 3 is 1.45 bits per heavy atom. The van der Waals surface area contributed by atoms with E-state index >= 15 is 0 Å². The van der Waals surface area contributed by atoms with Crippen molar-refractivity contribution < 1.29 is 0 Å². The number of hydrogen-bond acceptors (Lipinski definition) is 6. The second-order valence-corrected chi connectivity index (χ2v) is 6.60. The fourth-order valence-electron chi connectivity index (χ4n) is 3.88. The van der Waals surface area contributed by atoms with Gasteiger partial charge >= 0.3 is 7.12 Å². The Bertz CT molecular complexity index is 326. The van der Waals surface area contributed by atoms with Gasteiger partial charge in [0.2, 0.25) is 0 Å². The van der Waals surface area contributed by atoms with E-state index in [4.69, 9.17) is 0 Å². The molecule has 0 aromatic heterocycles. The van der Waals surface area contributed by atoms with E-state index < -0.39 is 0 Å². The van der Waals surface area contributed by atoms with Crippen LogP contribution < -0.4 is 20.6 Å². The van der Waals surface area contributed by atoms with Crippen molar-refractivity contribution in [2.24, 2.45) is 0 Å². The van der Waals surface area contributed by atoms with Gasteiger partial charge in [0.15, 0.2) is 0 Å². The Balaban J connectivity index is 2.18. The highest BCUT2D eigenvalue weighted by molar-refractivity contribution is 6.98. The highest BCUT2D eigenvalue weighted by Crippen LogP contribution is 2.14. The van der Waals surface area contributed by atoms with Crippen LogP contribution in [0.1, 0.15) is 27.7 Å². The maximum absolute atomic E-state index is 3.79. The van der Waals surface area contributed by atoms with Gasteiger partial charge in [-0.15, -0.1) is 0 Å². The first-order valence-corrected chi connectivity index (χ1v) is 9.09. The highest BCUT2D eigenvalue weighted by atomic mass is 15.3. The van der Waals surface area contributed by atoms with Crippen LogP contribution in [0.15, 0.2) is 0 Å². The summed E-state index contributed by atoms with van der Waals surface area (Å²) in [5, 5.41) is 14.9. The molecule has 2 saturated heterocycles. The summed E-state index contributed by atoms with van der Waals surface area (Å²) in [6, 6.07) is 0. The minimum absolute atomic E-state index is 0.202. The molecule has 12 heteroatoms. The van der Waals surface area contributed by atoms with E-state index in [1.165, 1.54) is 0 Å². The maximum atomic E-state index is 3.79. The Kier molecular flexibility index (Phi) is 6.98. The lowest BCUT2D eigenvalue weighted by Gasteiger charge is -2.49. The summed E-state index contributed by atoms with van der Waals surface area (Å²) in [7, 11) is 2.41. The SMILES string of the molecule is CCB1NB(N2B(CC)NB(C)NB2CC)NB(CC)N1C. The lowest BCUT2D eigenvalue weighted by molar-refractivity contribution is 0.713. The predicted octanol–water partition coefficient (Wildman–Crippen LogP) is -0.259. The molecule has 0 amide bonds. The fraction of sp³-hybridized carbons (Fsp3) is 1.00. The quantitative estimate of drug-likeness (QED) is 0.525. The van der Waals surface area contributed by atoms with E-state index in [0.29, 0.717) is 34.9 Å². The molecule has 6 nitrogen and oxygen atoms in total. The average Bonchev–Trinajstić information content (AvgIpc) is 2.54. The monoisotopic (exact) mass is 300 g/mol. The van der Waals surface area contributed by atoms with Gasteiger partial charge in [0.25, 0.3) is 34.9 Å². The lowest BCUT2D eigenvalue weighted by Crippen LogP contribution is -2.87. The molecule has 0 radical (unpaired) electrons. The van der Waals surface area contributed by atoms with Crippen LogP contribution in [0.5, 0.6) is 0 Å². The first kappa shape index (κ1) is 18.5. The number of nitrogens with zero attached hydrogens (tertiary/aromatic N) is 2. The molecule has 0 aromatic carbocycles. The smallest absolute Gasteiger partial charge is 0.356 e. The molecule has 0 aromatic rings. The van der Waals surface area contributed by atoms with Gasteiger partial charge in [-0.05, 0) is 32.3 Å². The zero-order valence-electron chi connectivity index (χ0n) is 15.2. The summed E-state index contributed by atoms with van der Waals surface area (Å²) in [5.74, 6) is 0. The molecule has 118 valence electrons. The summed E-state index contributed by atoms with van der Waals surface area (Å²) in [6.45, 7) is 13.2. The standard InChI is InChI=1S/C10H30B6N6/c1-7-12-19-16(20-13(8-2)21(12)6)22-14(9-3)17-11(5)18-15(22)10-4/h17-20H,7-10H2,1-6H3. The summed E-state index contributed by atoms with van der Waals surface area (Å²) >= 11 is 0. The maximum Gasteiger partial charge on any atom is 0.356 e. The normalized spacial score (nSPS) is 22.1. The van der Waals surface area contributed by atoms with Crippen molar-refractivity contribution in [1.29, 1.82) is 0 Å². The Morgan fingerprint density at radius 1 is 0.682 bits per heavy atom. The topological polar surface area (TPSA) is 54.6 Å². The fourth-order valence-corrected chi connectivity index (χ4v) is 3.88. The lowest BCUT2D eigenvalue weighted by atomic mass is 9.38. The molecule has 0 atom stereocenters. The first-order valence-electron chi connectivity index (χ1n) is 9.09. The van der Waals surface area contributed by atoms with Gasteiger partial charge in [0, 0.05) is 0 Å². The first-order chi connectivity index (χ1) is 10.5. The van der Waals surface area contributed by atoms with Gasteiger partial charge in [-0.1, -0.05) is 34.5 Å². The van der Waals surface area contributed by atoms with E-state index in [2.05, 4.69) is 71.5 Å². The largest absolute Gasteiger partial charge is 0.373 e. The highest BCUT2D eigenvalue weighted by Gasteiger charge is 2.48. The Labute approximate surface area is 139 Å². The van der Waals surface area contributed by atoms with Gasteiger partial charge in [-0.3, -0.25) is 0 Å². The number of nitrogens with one attached hydrogen (secondary N) is 4.